The van der Waals surface area contributed by atoms with Gasteiger partial charge in [0.2, 0.25) is 0 Å². The molecule has 0 bridgehead atoms. The molecule has 2 nitrogen and oxygen atoms in total. The van der Waals surface area contributed by atoms with Gasteiger partial charge in [0.15, 0.2) is 0 Å². The van der Waals surface area contributed by atoms with E-state index >= 15 is 0 Å². The summed E-state index contributed by atoms with van der Waals surface area (Å²) in [6.07, 6.45) is 6.81. The van der Waals surface area contributed by atoms with Crippen LogP contribution in [-0.4, -0.2) is 25.2 Å². The van der Waals surface area contributed by atoms with Crippen molar-refractivity contribution in [1.29, 1.82) is 0 Å². The van der Waals surface area contributed by atoms with Crippen molar-refractivity contribution in [3.05, 3.63) is 26.8 Å². The first-order chi connectivity index (χ1) is 9.19. The van der Waals surface area contributed by atoms with Gasteiger partial charge in [-0.3, -0.25) is 0 Å². The van der Waals surface area contributed by atoms with Crippen molar-refractivity contribution in [2.45, 2.75) is 37.6 Å². The molecule has 1 aliphatic heterocycles. The zero-order valence-electron chi connectivity index (χ0n) is 11.1. The van der Waals surface area contributed by atoms with Crippen LogP contribution in [-0.2, 0) is 0 Å². The smallest absolute Gasteiger partial charge is 0.0504 e. The van der Waals surface area contributed by atoms with Crippen LogP contribution in [0.15, 0.2) is 18.2 Å². The number of halogens is 2. The monoisotopic (exact) mass is 390 g/mol. The Labute approximate surface area is 134 Å². The van der Waals surface area contributed by atoms with Crippen LogP contribution in [0.5, 0.6) is 0 Å². The quantitative estimate of drug-likeness (QED) is 0.728. The third kappa shape index (κ3) is 3.03. The van der Waals surface area contributed by atoms with Crippen LogP contribution < -0.4 is 10.2 Å². The minimum absolute atomic E-state index is 0.360. The Kier molecular flexibility index (Phi) is 4.25. The topological polar surface area (TPSA) is 15.3 Å². The molecule has 1 aromatic carbocycles. The Bertz CT molecular complexity index is 452. The van der Waals surface area contributed by atoms with Gasteiger partial charge in [0.25, 0.3) is 0 Å². The van der Waals surface area contributed by atoms with Crippen molar-refractivity contribution in [1.82, 2.24) is 5.32 Å². The van der Waals surface area contributed by atoms with Crippen molar-refractivity contribution in [2.24, 2.45) is 0 Å². The lowest BCUT2D eigenvalue weighted by molar-refractivity contribution is 0.216. The summed E-state index contributed by atoms with van der Waals surface area (Å²) < 4.78 is 1.26. The van der Waals surface area contributed by atoms with Gasteiger partial charge in [-0.15, -0.1) is 0 Å². The molecule has 3 rings (SSSR count). The summed E-state index contributed by atoms with van der Waals surface area (Å²) >= 11 is 8.46. The Morgan fingerprint density at radius 1 is 1.21 bits per heavy atom. The summed E-state index contributed by atoms with van der Waals surface area (Å²) in [5.41, 5.74) is 1.70. The second kappa shape index (κ2) is 5.78. The van der Waals surface area contributed by atoms with Crippen LogP contribution in [0.4, 0.5) is 5.69 Å². The zero-order chi connectivity index (χ0) is 13.3. The van der Waals surface area contributed by atoms with Crippen LogP contribution >= 0.6 is 34.2 Å². The summed E-state index contributed by atoms with van der Waals surface area (Å²) in [6.45, 7) is 3.34. The number of hydrogen-bond acceptors (Lipinski definition) is 2. The van der Waals surface area contributed by atoms with E-state index in [0.717, 1.165) is 24.7 Å². The van der Waals surface area contributed by atoms with Gasteiger partial charge in [0.1, 0.15) is 0 Å². The molecule has 1 spiro atoms. The maximum atomic E-state index is 6.06. The number of hydrogen-bond donors (Lipinski definition) is 1. The molecule has 0 atom stereocenters. The Morgan fingerprint density at radius 3 is 2.74 bits per heavy atom. The number of rotatable bonds is 1. The first-order valence-corrected chi connectivity index (χ1v) is 8.59. The number of benzene rings is 1. The van der Waals surface area contributed by atoms with Gasteiger partial charge in [0, 0.05) is 33.8 Å². The van der Waals surface area contributed by atoms with E-state index in [2.05, 4.69) is 44.9 Å². The number of piperazine rings is 1. The maximum absolute atomic E-state index is 6.06. The predicted octanol–water partition coefficient (Wildman–Crippen LogP) is 4.06. The Balaban J connectivity index is 1.81. The van der Waals surface area contributed by atoms with E-state index < -0.39 is 0 Å². The van der Waals surface area contributed by atoms with E-state index in [4.69, 9.17) is 11.6 Å². The molecule has 4 heteroatoms. The van der Waals surface area contributed by atoms with Crippen LogP contribution in [0.2, 0.25) is 5.02 Å². The van der Waals surface area contributed by atoms with Crippen molar-refractivity contribution in [3.63, 3.8) is 0 Å². The third-order valence-corrected chi connectivity index (χ3v) is 5.54. The van der Waals surface area contributed by atoms with E-state index in [1.54, 1.807) is 0 Å². The summed E-state index contributed by atoms with van der Waals surface area (Å²) in [5.74, 6) is 0. The van der Waals surface area contributed by atoms with Crippen LogP contribution in [0.25, 0.3) is 0 Å². The molecule has 2 aliphatic rings. The molecule has 0 aromatic heterocycles. The molecule has 19 heavy (non-hydrogen) atoms. The lowest BCUT2D eigenvalue weighted by Crippen LogP contribution is -2.61. The normalized spacial score (nSPS) is 22.7. The van der Waals surface area contributed by atoms with Gasteiger partial charge in [-0.05, 0) is 53.6 Å². The first-order valence-electron chi connectivity index (χ1n) is 7.14. The fourth-order valence-corrected chi connectivity index (χ4v) is 4.68. The molecule has 1 heterocycles. The number of nitrogens with one attached hydrogen (secondary N) is 1. The van der Waals surface area contributed by atoms with Crippen LogP contribution in [0.3, 0.4) is 0 Å². The van der Waals surface area contributed by atoms with Crippen molar-refractivity contribution < 1.29 is 0 Å². The van der Waals surface area contributed by atoms with Crippen molar-refractivity contribution >= 4 is 39.9 Å². The van der Waals surface area contributed by atoms with Gasteiger partial charge < -0.3 is 10.2 Å². The second-order valence-corrected chi connectivity index (χ2v) is 7.38. The molecule has 1 saturated carbocycles. The summed E-state index contributed by atoms with van der Waals surface area (Å²) in [6, 6.07) is 6.24. The third-order valence-electron chi connectivity index (χ3n) is 4.44. The molecule has 0 amide bonds. The fourth-order valence-electron chi connectivity index (χ4n) is 3.46. The molecule has 1 saturated heterocycles. The lowest BCUT2D eigenvalue weighted by atomic mass is 9.80. The minimum atomic E-state index is 0.360. The van der Waals surface area contributed by atoms with Crippen molar-refractivity contribution in [3.8, 4) is 0 Å². The summed E-state index contributed by atoms with van der Waals surface area (Å²) in [5, 5.41) is 4.62. The SMILES string of the molecule is Clc1ccc(N2CCNC3(CCCCC3)C2)c(I)c1. The number of anilines is 1. The fraction of sp³-hybridized carbons (Fsp3) is 0.600. The van der Waals surface area contributed by atoms with Gasteiger partial charge in [-0.1, -0.05) is 30.9 Å². The van der Waals surface area contributed by atoms with E-state index in [9.17, 15) is 0 Å². The van der Waals surface area contributed by atoms with E-state index in [1.807, 2.05) is 6.07 Å². The molecule has 1 N–H and O–H groups in total. The largest absolute Gasteiger partial charge is 0.368 e. The summed E-state index contributed by atoms with van der Waals surface area (Å²) in [7, 11) is 0. The van der Waals surface area contributed by atoms with E-state index in [1.165, 1.54) is 41.4 Å². The lowest BCUT2D eigenvalue weighted by Gasteiger charge is -2.47. The molecule has 1 aliphatic carbocycles. The maximum Gasteiger partial charge on any atom is 0.0504 e. The highest BCUT2D eigenvalue weighted by Gasteiger charge is 2.36. The van der Waals surface area contributed by atoms with Crippen LogP contribution in [0.1, 0.15) is 32.1 Å². The highest BCUT2D eigenvalue weighted by molar-refractivity contribution is 14.1. The molecular weight excluding hydrogens is 371 g/mol. The molecule has 0 unspecified atom stereocenters. The average Bonchev–Trinajstić information content (AvgIpc) is 2.39. The van der Waals surface area contributed by atoms with E-state index in [-0.39, 0.29) is 0 Å². The first kappa shape index (κ1) is 14.0. The van der Waals surface area contributed by atoms with Gasteiger partial charge >= 0.3 is 0 Å². The predicted molar refractivity (Wildman–Crippen MR) is 90.2 cm³/mol. The molecule has 0 radical (unpaired) electrons. The summed E-state index contributed by atoms with van der Waals surface area (Å²) in [4.78, 5) is 2.54. The standard InChI is InChI=1S/C15H20ClIN2/c16-12-4-5-14(13(17)10-12)19-9-8-18-15(11-19)6-2-1-3-7-15/h4-5,10,18H,1-3,6-9,11H2. The second-order valence-electron chi connectivity index (χ2n) is 5.79. The minimum Gasteiger partial charge on any atom is -0.368 e. The average molecular weight is 391 g/mol. The van der Waals surface area contributed by atoms with Crippen molar-refractivity contribution in [2.75, 3.05) is 24.5 Å². The highest BCUT2D eigenvalue weighted by Crippen LogP contribution is 2.34. The van der Waals surface area contributed by atoms with Gasteiger partial charge in [-0.2, -0.15) is 0 Å². The van der Waals surface area contributed by atoms with Gasteiger partial charge in [0.05, 0.1) is 5.69 Å². The van der Waals surface area contributed by atoms with E-state index in [0.29, 0.717) is 5.54 Å². The zero-order valence-corrected chi connectivity index (χ0v) is 14.0. The molecule has 2 fully saturated rings. The van der Waals surface area contributed by atoms with Crippen LogP contribution in [0, 0.1) is 3.57 Å². The Hall–Kier alpha value is -0.000000000000000111. The molecular formula is C15H20ClIN2. The Morgan fingerprint density at radius 2 is 2.00 bits per heavy atom. The molecule has 104 valence electrons. The number of nitrogens with zero attached hydrogens (tertiary/aromatic N) is 1. The van der Waals surface area contributed by atoms with Gasteiger partial charge in [-0.25, -0.2) is 0 Å². The molecule has 1 aromatic rings. The highest BCUT2D eigenvalue weighted by atomic mass is 127.